The van der Waals surface area contributed by atoms with Gasteiger partial charge in [-0.25, -0.2) is 0 Å². The van der Waals surface area contributed by atoms with Crippen LogP contribution in [0.1, 0.15) is 18.1 Å². The van der Waals surface area contributed by atoms with Crippen molar-refractivity contribution < 1.29 is 0 Å². The molecule has 108 valence electrons. The normalized spacial score (nSPS) is 15.3. The molecule has 2 aromatic heterocycles. The van der Waals surface area contributed by atoms with Crippen LogP contribution in [0.3, 0.4) is 0 Å². The van der Waals surface area contributed by atoms with E-state index in [9.17, 15) is 4.79 Å². The lowest BCUT2D eigenvalue weighted by atomic mass is 10.0. The van der Waals surface area contributed by atoms with Crippen molar-refractivity contribution in [2.24, 2.45) is 4.99 Å². The van der Waals surface area contributed by atoms with Crippen molar-refractivity contribution in [2.45, 2.75) is 6.92 Å². The van der Waals surface area contributed by atoms with Gasteiger partial charge in [0.2, 0.25) is 4.96 Å². The fourth-order valence-electron chi connectivity index (χ4n) is 2.52. The van der Waals surface area contributed by atoms with E-state index in [4.69, 9.17) is 5.73 Å². The summed E-state index contributed by atoms with van der Waals surface area (Å²) in [6.07, 6.45) is 1.75. The van der Waals surface area contributed by atoms with E-state index >= 15 is 0 Å². The fourth-order valence-corrected chi connectivity index (χ4v) is 3.14. The van der Waals surface area contributed by atoms with Crippen molar-refractivity contribution in [2.75, 3.05) is 5.73 Å². The predicted molar refractivity (Wildman–Crippen MR) is 88.6 cm³/mol. The van der Waals surface area contributed by atoms with Gasteiger partial charge in [0.1, 0.15) is 11.3 Å². The van der Waals surface area contributed by atoms with E-state index in [0.717, 1.165) is 22.5 Å². The van der Waals surface area contributed by atoms with E-state index in [0.29, 0.717) is 16.3 Å². The SMILES string of the molecule is CC1=Nc2ccccc2/C1=C/c1c(N)n2ncsc2nc1=O. The monoisotopic (exact) mass is 309 g/mol. The number of nitrogen functional groups attached to an aromatic ring is 1. The van der Waals surface area contributed by atoms with Gasteiger partial charge in [0.25, 0.3) is 5.56 Å². The summed E-state index contributed by atoms with van der Waals surface area (Å²) >= 11 is 1.27. The Morgan fingerprint density at radius 2 is 2.14 bits per heavy atom. The number of para-hydroxylation sites is 1. The van der Waals surface area contributed by atoms with Crippen molar-refractivity contribution in [1.29, 1.82) is 0 Å². The molecule has 1 aliphatic heterocycles. The molecule has 4 rings (SSSR count). The highest BCUT2D eigenvalue weighted by Crippen LogP contribution is 2.35. The minimum atomic E-state index is -0.355. The molecule has 0 saturated heterocycles. The number of aliphatic imine (C=N–C) groups is 1. The van der Waals surface area contributed by atoms with E-state index in [1.54, 1.807) is 11.6 Å². The summed E-state index contributed by atoms with van der Waals surface area (Å²) in [5, 5.41) is 4.11. The number of nitrogens with two attached hydrogens (primary N) is 1. The Balaban J connectivity index is 1.98. The summed E-state index contributed by atoms with van der Waals surface area (Å²) in [5.74, 6) is 0.293. The molecule has 0 fully saturated rings. The van der Waals surface area contributed by atoms with Gasteiger partial charge in [0, 0.05) is 16.8 Å². The second-order valence-corrected chi connectivity index (χ2v) is 5.73. The maximum Gasteiger partial charge on any atom is 0.283 e. The molecule has 7 heteroatoms. The van der Waals surface area contributed by atoms with Crippen molar-refractivity contribution in [3.05, 3.63) is 51.3 Å². The van der Waals surface area contributed by atoms with Crippen LogP contribution >= 0.6 is 11.3 Å². The summed E-state index contributed by atoms with van der Waals surface area (Å²) in [6.45, 7) is 1.91. The fraction of sp³-hybridized carbons (Fsp3) is 0.0667. The standard InChI is InChI=1S/C15H11N5OS/c1-8-10(9-4-2-3-5-12(9)18-8)6-11-13(16)20-15(19-14(11)21)22-7-17-20/h2-7H,16H2,1H3/b10-6+. The first kappa shape index (κ1) is 12.9. The van der Waals surface area contributed by atoms with Crippen molar-refractivity contribution in [3.63, 3.8) is 0 Å². The van der Waals surface area contributed by atoms with Gasteiger partial charge in [-0.3, -0.25) is 9.79 Å². The largest absolute Gasteiger partial charge is 0.383 e. The van der Waals surface area contributed by atoms with Crippen molar-refractivity contribution in [1.82, 2.24) is 14.6 Å². The molecular formula is C15H11N5OS. The molecule has 3 aromatic rings. The van der Waals surface area contributed by atoms with Crippen molar-refractivity contribution in [3.8, 4) is 0 Å². The highest BCUT2D eigenvalue weighted by molar-refractivity contribution is 7.14. The van der Waals surface area contributed by atoms with Gasteiger partial charge < -0.3 is 5.73 Å². The van der Waals surface area contributed by atoms with E-state index in [1.807, 2.05) is 31.2 Å². The van der Waals surface area contributed by atoms with Gasteiger partial charge >= 0.3 is 0 Å². The highest BCUT2D eigenvalue weighted by atomic mass is 32.1. The number of hydrogen-bond donors (Lipinski definition) is 1. The molecule has 0 amide bonds. The van der Waals surface area contributed by atoms with Crippen LogP contribution in [0, 0.1) is 0 Å². The Bertz CT molecular complexity index is 1030. The zero-order valence-electron chi connectivity index (χ0n) is 11.6. The smallest absolute Gasteiger partial charge is 0.283 e. The van der Waals surface area contributed by atoms with Gasteiger partial charge in [-0.1, -0.05) is 29.5 Å². The first-order valence-corrected chi connectivity index (χ1v) is 7.52. The second-order valence-electron chi connectivity index (χ2n) is 4.92. The minimum Gasteiger partial charge on any atom is -0.383 e. The molecule has 1 aliphatic rings. The number of rotatable bonds is 1. The van der Waals surface area contributed by atoms with E-state index in [1.165, 1.54) is 15.9 Å². The molecule has 0 radical (unpaired) electrons. The number of benzene rings is 1. The summed E-state index contributed by atoms with van der Waals surface area (Å²) in [7, 11) is 0. The number of fused-ring (bicyclic) bond motifs is 2. The quantitative estimate of drug-likeness (QED) is 0.748. The zero-order valence-corrected chi connectivity index (χ0v) is 12.5. The van der Waals surface area contributed by atoms with Crippen LogP contribution in [0.4, 0.5) is 11.5 Å². The Hall–Kier alpha value is -2.80. The first-order valence-electron chi connectivity index (χ1n) is 6.64. The van der Waals surface area contributed by atoms with Crippen LogP contribution in [0.25, 0.3) is 16.6 Å². The number of anilines is 1. The Labute approximate surface area is 129 Å². The van der Waals surface area contributed by atoms with Crippen LogP contribution in [-0.2, 0) is 0 Å². The zero-order chi connectivity index (χ0) is 15.3. The van der Waals surface area contributed by atoms with Gasteiger partial charge in [-0.05, 0) is 19.1 Å². The second kappa shape index (κ2) is 4.60. The average molecular weight is 309 g/mol. The number of hydrogen-bond acceptors (Lipinski definition) is 6. The molecule has 2 N–H and O–H groups in total. The van der Waals surface area contributed by atoms with Crippen LogP contribution in [0.5, 0.6) is 0 Å². The molecule has 1 aromatic carbocycles. The lowest BCUT2D eigenvalue weighted by Gasteiger charge is -2.04. The number of allylic oxidation sites excluding steroid dienone is 1. The van der Waals surface area contributed by atoms with Crippen LogP contribution in [-0.4, -0.2) is 20.3 Å². The third kappa shape index (κ3) is 1.79. The Morgan fingerprint density at radius 1 is 1.32 bits per heavy atom. The number of aromatic nitrogens is 3. The predicted octanol–water partition coefficient (Wildman–Crippen LogP) is 2.38. The molecule has 0 spiro atoms. The van der Waals surface area contributed by atoms with Gasteiger partial charge in [0.05, 0.1) is 11.3 Å². The van der Waals surface area contributed by atoms with E-state index in [-0.39, 0.29) is 5.56 Å². The third-order valence-corrected chi connectivity index (χ3v) is 4.27. The maximum absolute atomic E-state index is 12.2. The summed E-state index contributed by atoms with van der Waals surface area (Å²) in [6, 6.07) is 7.80. The molecule has 0 saturated carbocycles. The van der Waals surface area contributed by atoms with Crippen LogP contribution < -0.4 is 11.3 Å². The Kier molecular flexibility index (Phi) is 2.70. The topological polar surface area (TPSA) is 85.6 Å². The summed E-state index contributed by atoms with van der Waals surface area (Å²) < 4.78 is 1.48. The molecule has 0 unspecified atom stereocenters. The lowest BCUT2D eigenvalue weighted by molar-refractivity contribution is 0.941. The maximum atomic E-state index is 12.2. The molecular weight excluding hydrogens is 298 g/mol. The van der Waals surface area contributed by atoms with E-state index in [2.05, 4.69) is 15.1 Å². The van der Waals surface area contributed by atoms with Gasteiger partial charge in [-0.2, -0.15) is 14.6 Å². The summed E-state index contributed by atoms with van der Waals surface area (Å²) in [5.41, 5.74) is 11.3. The first-order chi connectivity index (χ1) is 10.6. The molecule has 0 aliphatic carbocycles. The molecule has 22 heavy (non-hydrogen) atoms. The lowest BCUT2D eigenvalue weighted by Crippen LogP contribution is -2.17. The molecule has 6 nitrogen and oxygen atoms in total. The van der Waals surface area contributed by atoms with Crippen LogP contribution in [0.15, 0.2) is 39.6 Å². The third-order valence-electron chi connectivity index (χ3n) is 3.59. The molecule has 0 atom stereocenters. The average Bonchev–Trinajstić information content (AvgIpc) is 3.08. The van der Waals surface area contributed by atoms with Gasteiger partial charge in [0.15, 0.2) is 0 Å². The molecule has 3 heterocycles. The number of nitrogens with zero attached hydrogens (tertiary/aromatic N) is 4. The van der Waals surface area contributed by atoms with E-state index < -0.39 is 0 Å². The van der Waals surface area contributed by atoms with Crippen LogP contribution in [0.2, 0.25) is 0 Å². The summed E-state index contributed by atoms with van der Waals surface area (Å²) in [4.78, 5) is 21.3. The minimum absolute atomic E-state index is 0.293. The van der Waals surface area contributed by atoms with Gasteiger partial charge in [-0.15, -0.1) is 0 Å². The van der Waals surface area contributed by atoms with Crippen molar-refractivity contribution >= 4 is 45.2 Å². The Morgan fingerprint density at radius 3 is 3.00 bits per heavy atom. The highest BCUT2D eigenvalue weighted by Gasteiger charge is 2.19. The molecule has 0 bridgehead atoms.